The van der Waals surface area contributed by atoms with E-state index in [2.05, 4.69) is 31.9 Å². The van der Waals surface area contributed by atoms with Gasteiger partial charge in [-0.25, -0.2) is 0 Å². The average molecular weight is 437 g/mol. The molecule has 1 aromatic carbocycles. The number of terminal acetylenes is 1. The van der Waals surface area contributed by atoms with Gasteiger partial charge in [0.25, 0.3) is 0 Å². The van der Waals surface area contributed by atoms with E-state index >= 15 is 0 Å². The van der Waals surface area contributed by atoms with Crippen LogP contribution >= 0.6 is 0 Å². The van der Waals surface area contributed by atoms with Gasteiger partial charge in [-0.2, -0.15) is 0 Å². The third-order valence-electron chi connectivity index (χ3n) is 8.36. The predicted molar refractivity (Wildman–Crippen MR) is 134 cm³/mol. The summed E-state index contributed by atoms with van der Waals surface area (Å²) >= 11 is 0. The molecule has 0 unspecified atom stereocenters. The Morgan fingerprint density at radius 2 is 1.31 bits per heavy atom. The van der Waals surface area contributed by atoms with Crippen molar-refractivity contribution in [2.45, 2.75) is 109 Å². The number of benzene rings is 1. The Labute approximate surface area is 196 Å². The first-order chi connectivity index (χ1) is 15.7. The summed E-state index contributed by atoms with van der Waals surface area (Å²) in [6, 6.07) is 4.44. The van der Waals surface area contributed by atoms with Gasteiger partial charge >= 0.3 is 0 Å². The van der Waals surface area contributed by atoms with Crippen LogP contribution in [0.3, 0.4) is 0 Å². The Balaban J connectivity index is 1.57. The average Bonchev–Trinajstić information content (AvgIpc) is 2.78. The summed E-state index contributed by atoms with van der Waals surface area (Å²) in [6.07, 6.45) is 24.0. The van der Waals surface area contributed by atoms with Crippen molar-refractivity contribution in [2.24, 2.45) is 17.8 Å². The topological polar surface area (TPSA) is 18.5 Å². The molecule has 4 fully saturated rings. The lowest BCUT2D eigenvalue weighted by Crippen LogP contribution is -2.48. The second-order valence-electron chi connectivity index (χ2n) is 11.0. The molecule has 0 N–H and O–H groups in total. The molecule has 2 heteroatoms. The van der Waals surface area contributed by atoms with Crippen LogP contribution in [0.2, 0.25) is 0 Å². The molecule has 4 aliphatic rings. The highest BCUT2D eigenvalue weighted by molar-refractivity contribution is 5.56. The number of rotatable bonds is 13. The van der Waals surface area contributed by atoms with Gasteiger partial charge < -0.3 is 9.47 Å². The highest BCUT2D eigenvalue weighted by atomic mass is 16.5. The molecule has 4 saturated carbocycles. The van der Waals surface area contributed by atoms with Crippen molar-refractivity contribution < 1.29 is 9.47 Å². The number of ether oxygens (including phenoxy) is 2. The molecule has 5 rings (SSSR count). The summed E-state index contributed by atoms with van der Waals surface area (Å²) in [5.41, 5.74) is 2.60. The first-order valence-corrected chi connectivity index (χ1v) is 13.6. The van der Waals surface area contributed by atoms with E-state index in [9.17, 15) is 0 Å². The molecule has 0 heterocycles. The van der Waals surface area contributed by atoms with E-state index in [1.807, 2.05) is 0 Å². The lowest BCUT2D eigenvalue weighted by molar-refractivity contribution is -0.00643. The SMILES string of the molecule is C#Cc1cc(C23CC4CC(CC(C4)C2)C3)c(OCCCCCC)cc1OCCCCCC. The minimum absolute atomic E-state index is 0.277. The Morgan fingerprint density at radius 3 is 1.81 bits per heavy atom. The summed E-state index contributed by atoms with van der Waals surface area (Å²) in [4.78, 5) is 0. The predicted octanol–water partition coefficient (Wildman–Crippen LogP) is 8.05. The molecule has 4 bridgehead atoms. The highest BCUT2D eigenvalue weighted by Crippen LogP contribution is 2.62. The molecule has 0 saturated heterocycles. The fourth-order valence-electron chi connectivity index (χ4n) is 7.19. The van der Waals surface area contributed by atoms with Crippen molar-refractivity contribution in [1.29, 1.82) is 0 Å². The minimum Gasteiger partial charge on any atom is -0.493 e. The zero-order valence-corrected chi connectivity index (χ0v) is 20.6. The molecule has 2 nitrogen and oxygen atoms in total. The van der Waals surface area contributed by atoms with Crippen LogP contribution in [0.4, 0.5) is 0 Å². The van der Waals surface area contributed by atoms with Crippen LogP contribution in [0.15, 0.2) is 12.1 Å². The third kappa shape index (κ3) is 5.30. The Hall–Kier alpha value is -1.62. The maximum absolute atomic E-state index is 6.51. The van der Waals surface area contributed by atoms with E-state index in [1.54, 1.807) is 0 Å². The Bertz CT molecular complexity index is 751. The van der Waals surface area contributed by atoms with Gasteiger partial charge in [0, 0.05) is 11.6 Å². The van der Waals surface area contributed by atoms with Crippen LogP contribution in [-0.2, 0) is 5.41 Å². The molecular formula is C30H44O2. The molecule has 32 heavy (non-hydrogen) atoms. The molecule has 0 radical (unpaired) electrons. The molecule has 0 amide bonds. The molecule has 1 aromatic rings. The quantitative estimate of drug-likeness (QED) is 0.230. The van der Waals surface area contributed by atoms with Gasteiger partial charge in [-0.1, -0.05) is 58.3 Å². The van der Waals surface area contributed by atoms with Gasteiger partial charge in [-0.05, 0) is 80.6 Å². The highest BCUT2D eigenvalue weighted by Gasteiger charge is 2.52. The summed E-state index contributed by atoms with van der Waals surface area (Å²) in [5, 5.41) is 0. The third-order valence-corrected chi connectivity index (χ3v) is 8.36. The lowest BCUT2D eigenvalue weighted by atomic mass is 9.48. The molecular weight excluding hydrogens is 392 g/mol. The summed E-state index contributed by atoms with van der Waals surface area (Å²) in [6.45, 7) is 6.03. The van der Waals surface area contributed by atoms with E-state index in [0.717, 1.165) is 60.9 Å². The maximum atomic E-state index is 6.51. The van der Waals surface area contributed by atoms with Crippen molar-refractivity contribution in [3.8, 4) is 23.8 Å². The second kappa shape index (κ2) is 11.0. The van der Waals surface area contributed by atoms with Gasteiger partial charge in [0.15, 0.2) is 0 Å². The second-order valence-corrected chi connectivity index (χ2v) is 11.0. The molecule has 176 valence electrons. The monoisotopic (exact) mass is 436 g/mol. The number of hydrogen-bond acceptors (Lipinski definition) is 2. The molecule has 4 aliphatic carbocycles. The number of hydrogen-bond donors (Lipinski definition) is 0. The largest absolute Gasteiger partial charge is 0.493 e. The zero-order chi connectivity index (χ0) is 22.4. The molecule has 0 aliphatic heterocycles. The van der Waals surface area contributed by atoms with Gasteiger partial charge in [-0.15, -0.1) is 6.42 Å². The summed E-state index contributed by atoms with van der Waals surface area (Å²) < 4.78 is 12.7. The van der Waals surface area contributed by atoms with Crippen LogP contribution in [0.1, 0.15) is 115 Å². The zero-order valence-electron chi connectivity index (χ0n) is 20.6. The van der Waals surface area contributed by atoms with E-state index in [-0.39, 0.29) is 5.41 Å². The van der Waals surface area contributed by atoms with Crippen molar-refractivity contribution in [1.82, 2.24) is 0 Å². The first kappa shape index (κ1) is 23.5. The summed E-state index contributed by atoms with van der Waals surface area (Å²) in [5.74, 6) is 7.58. The normalized spacial score (nSPS) is 28.0. The van der Waals surface area contributed by atoms with Crippen LogP contribution < -0.4 is 9.47 Å². The fraction of sp³-hybridized carbons (Fsp3) is 0.733. The van der Waals surface area contributed by atoms with E-state index in [4.69, 9.17) is 15.9 Å². The van der Waals surface area contributed by atoms with E-state index < -0.39 is 0 Å². The minimum atomic E-state index is 0.277. The van der Waals surface area contributed by atoms with Gasteiger partial charge in [0.1, 0.15) is 11.5 Å². The Kier molecular flexibility index (Phi) is 8.09. The van der Waals surface area contributed by atoms with Gasteiger partial charge in [-0.3, -0.25) is 0 Å². The number of unbranched alkanes of at least 4 members (excludes halogenated alkanes) is 6. The molecule has 0 spiro atoms. The Morgan fingerprint density at radius 1 is 0.781 bits per heavy atom. The van der Waals surface area contributed by atoms with Crippen LogP contribution in [0.5, 0.6) is 11.5 Å². The van der Waals surface area contributed by atoms with Crippen molar-refractivity contribution in [3.05, 3.63) is 23.3 Å². The van der Waals surface area contributed by atoms with Crippen molar-refractivity contribution >= 4 is 0 Å². The van der Waals surface area contributed by atoms with Gasteiger partial charge in [0.05, 0.1) is 18.8 Å². The summed E-state index contributed by atoms with van der Waals surface area (Å²) in [7, 11) is 0. The van der Waals surface area contributed by atoms with E-state index in [0.29, 0.717) is 0 Å². The van der Waals surface area contributed by atoms with Crippen LogP contribution in [-0.4, -0.2) is 13.2 Å². The molecule has 0 aromatic heterocycles. The molecule has 0 atom stereocenters. The fourth-order valence-corrected chi connectivity index (χ4v) is 7.19. The standard InChI is InChI=1S/C30H44O2/c1-4-7-9-11-13-31-28-19-29(32-14-12-10-8-5-2)27(18-26(28)6-3)30-20-23-15-24(21-30)17-25(16-23)22-30/h3,18-19,23-25H,4-5,7-17,20-22H2,1-2H3. The van der Waals surface area contributed by atoms with Crippen LogP contribution in [0.25, 0.3) is 0 Å². The first-order valence-electron chi connectivity index (χ1n) is 13.6. The maximum Gasteiger partial charge on any atom is 0.138 e. The smallest absolute Gasteiger partial charge is 0.138 e. The van der Waals surface area contributed by atoms with E-state index in [1.165, 1.54) is 82.6 Å². The van der Waals surface area contributed by atoms with Gasteiger partial charge in [0.2, 0.25) is 0 Å². The van der Waals surface area contributed by atoms with Crippen LogP contribution in [0, 0.1) is 30.1 Å². The van der Waals surface area contributed by atoms with Crippen molar-refractivity contribution in [3.63, 3.8) is 0 Å². The van der Waals surface area contributed by atoms with Crippen molar-refractivity contribution in [2.75, 3.05) is 13.2 Å². The lowest BCUT2D eigenvalue weighted by Gasteiger charge is -2.57.